The Morgan fingerprint density at radius 2 is 0.802 bits per heavy atom. The van der Waals surface area contributed by atoms with Crippen LogP contribution >= 0.6 is 0 Å². The lowest BCUT2D eigenvalue weighted by Gasteiger charge is -2.34. The Bertz CT molecular complexity index is 5490. The molecule has 0 aliphatic heterocycles. The zero-order valence-corrected chi connectivity index (χ0v) is 48.8. The summed E-state index contributed by atoms with van der Waals surface area (Å²) in [5, 5.41) is 9.33. The maximum atomic E-state index is 6.80. The van der Waals surface area contributed by atoms with E-state index in [9.17, 15) is 0 Å². The molecule has 0 radical (unpaired) electrons. The Kier molecular flexibility index (Phi) is 9.92. The molecule has 0 atom stereocenters. The van der Waals surface area contributed by atoms with Crippen LogP contribution in [0.5, 0.6) is 0 Å². The first-order valence-corrected chi connectivity index (χ1v) is 30.1. The average Bonchev–Trinajstić information content (AvgIpc) is 1.53. The molecule has 2 aliphatic rings. The highest BCUT2D eigenvalue weighted by Crippen LogP contribution is 2.66. The van der Waals surface area contributed by atoms with Crippen molar-refractivity contribution < 1.29 is 8.83 Å². The lowest BCUT2D eigenvalue weighted by atomic mass is 9.70. The van der Waals surface area contributed by atoms with E-state index in [-0.39, 0.29) is 10.8 Å². The van der Waals surface area contributed by atoms with Crippen LogP contribution in [0.2, 0.25) is 0 Å². The maximum absolute atomic E-state index is 6.80. The van der Waals surface area contributed by atoms with Crippen molar-refractivity contribution in [2.45, 2.75) is 57.8 Å². The zero-order chi connectivity index (χ0) is 57.5. The second-order valence-electron chi connectivity index (χ2n) is 26.0. The van der Waals surface area contributed by atoms with Crippen molar-refractivity contribution in [1.82, 2.24) is 4.40 Å². The monoisotopic (exact) mass is 1110 g/mol. The van der Waals surface area contributed by atoms with Gasteiger partial charge in [0.05, 0.1) is 27.7 Å². The molecule has 86 heavy (non-hydrogen) atoms. The first-order chi connectivity index (χ1) is 41.9. The lowest BCUT2D eigenvalue weighted by Crippen LogP contribution is -2.26. The Hall–Kier alpha value is -10.4. The summed E-state index contributed by atoms with van der Waals surface area (Å²) in [6.07, 6.45) is 0. The molecule has 5 heteroatoms. The quantitative estimate of drug-likeness (QED) is 0.166. The largest absolute Gasteiger partial charge is 0.456 e. The number of fused-ring (bicyclic) bond motifs is 23. The van der Waals surface area contributed by atoms with E-state index in [1.165, 1.54) is 93.7 Å². The Labute approximate surface area is 498 Å². The molecule has 5 nitrogen and oxygen atoms in total. The van der Waals surface area contributed by atoms with Gasteiger partial charge in [-0.1, -0.05) is 193 Å². The van der Waals surface area contributed by atoms with Crippen LogP contribution < -0.4 is 9.80 Å². The molecule has 0 N–H and O–H groups in total. The molecule has 410 valence electrons. The van der Waals surface area contributed by atoms with Crippen LogP contribution in [-0.2, 0) is 16.2 Å². The molecule has 0 saturated heterocycles. The van der Waals surface area contributed by atoms with Crippen LogP contribution in [0.1, 0.15) is 74.9 Å². The van der Waals surface area contributed by atoms with E-state index in [4.69, 9.17) is 8.83 Å². The third-order valence-electron chi connectivity index (χ3n) is 19.2. The molecule has 18 rings (SSSR count). The molecule has 0 saturated carbocycles. The van der Waals surface area contributed by atoms with Crippen LogP contribution in [0, 0.1) is 0 Å². The van der Waals surface area contributed by atoms with Gasteiger partial charge in [0.15, 0.2) is 0 Å². The van der Waals surface area contributed by atoms with Crippen molar-refractivity contribution in [2.75, 3.05) is 9.80 Å². The molecule has 4 heterocycles. The standard InChI is InChI=1S/C81H59N3O2/c1-79(2,3)48-20-17-22-50(42-48)82(53-36-39-60-58-27-10-15-34-71(58)85-73(60)45-53)52-38-41-63-67(44-52)81(65-31-12-7-24-55(65)56-25-8-13-32-66(56)81)68-47-70(76-64-30-19-29-62-57-26-9-14-33-69(57)84(77(62)64)78(76)75(63)68)83(51-23-18-21-49(43-51)80(4,5)6)54-37-40-61-59-28-11-16-35-72(59)86-74(61)46-54/h7-47H,1-6H3. The van der Waals surface area contributed by atoms with Crippen molar-refractivity contribution in [3.8, 4) is 22.3 Å². The minimum absolute atomic E-state index is 0.0885. The van der Waals surface area contributed by atoms with Gasteiger partial charge < -0.3 is 23.0 Å². The number of nitrogens with zero attached hydrogens (tertiary/aromatic N) is 3. The van der Waals surface area contributed by atoms with Crippen molar-refractivity contribution in [1.29, 1.82) is 0 Å². The van der Waals surface area contributed by atoms with Crippen molar-refractivity contribution >= 4 is 116 Å². The van der Waals surface area contributed by atoms with Crippen molar-refractivity contribution in [2.24, 2.45) is 0 Å². The summed E-state index contributed by atoms with van der Waals surface area (Å²) >= 11 is 0. The Balaban J connectivity index is 0.997. The molecule has 0 amide bonds. The molecular weight excluding hydrogens is 1050 g/mol. The number of hydrogen-bond acceptors (Lipinski definition) is 4. The molecule has 0 bridgehead atoms. The third-order valence-corrected chi connectivity index (χ3v) is 19.2. The highest BCUT2D eigenvalue weighted by atomic mass is 16.3. The number of rotatable bonds is 6. The van der Waals surface area contributed by atoms with Crippen LogP contribution in [0.3, 0.4) is 0 Å². The second-order valence-corrected chi connectivity index (χ2v) is 26.0. The normalized spacial score (nSPS) is 13.6. The van der Waals surface area contributed by atoms with Gasteiger partial charge in [-0.2, -0.15) is 0 Å². The lowest BCUT2D eigenvalue weighted by molar-refractivity contribution is 0.590. The highest BCUT2D eigenvalue weighted by Gasteiger charge is 2.53. The van der Waals surface area contributed by atoms with Gasteiger partial charge in [0.1, 0.15) is 22.3 Å². The first-order valence-electron chi connectivity index (χ1n) is 30.1. The maximum Gasteiger partial charge on any atom is 0.137 e. The number of furan rings is 2. The third kappa shape index (κ3) is 6.65. The summed E-state index contributed by atoms with van der Waals surface area (Å²) < 4.78 is 16.1. The smallest absolute Gasteiger partial charge is 0.137 e. The van der Waals surface area contributed by atoms with E-state index < -0.39 is 5.41 Å². The van der Waals surface area contributed by atoms with Gasteiger partial charge in [-0.3, -0.25) is 0 Å². The van der Waals surface area contributed by atoms with Crippen LogP contribution in [-0.4, -0.2) is 4.40 Å². The zero-order valence-electron chi connectivity index (χ0n) is 48.8. The van der Waals surface area contributed by atoms with Crippen molar-refractivity contribution in [3.63, 3.8) is 0 Å². The van der Waals surface area contributed by atoms with Crippen molar-refractivity contribution in [3.05, 3.63) is 282 Å². The molecular formula is C81H59N3O2. The van der Waals surface area contributed by atoms with E-state index >= 15 is 0 Å². The fourth-order valence-electron chi connectivity index (χ4n) is 15.3. The van der Waals surface area contributed by atoms with E-state index in [2.05, 4.69) is 304 Å². The van der Waals surface area contributed by atoms with Gasteiger partial charge in [-0.15, -0.1) is 0 Å². The summed E-state index contributed by atoms with van der Waals surface area (Å²) in [5.41, 5.74) is 25.0. The molecule has 12 aromatic carbocycles. The first kappa shape index (κ1) is 49.1. The number of anilines is 6. The number of para-hydroxylation sites is 4. The Morgan fingerprint density at radius 3 is 1.43 bits per heavy atom. The van der Waals surface area contributed by atoms with Gasteiger partial charge in [0.2, 0.25) is 0 Å². The number of aromatic nitrogens is 1. The van der Waals surface area contributed by atoms with E-state index in [1.54, 1.807) is 0 Å². The van der Waals surface area contributed by atoms with E-state index in [0.29, 0.717) is 0 Å². The minimum atomic E-state index is -0.766. The topological polar surface area (TPSA) is 37.2 Å². The van der Waals surface area contributed by atoms with Gasteiger partial charge >= 0.3 is 0 Å². The molecule has 4 aromatic heterocycles. The average molecular weight is 1110 g/mol. The molecule has 16 aromatic rings. The van der Waals surface area contributed by atoms with Gasteiger partial charge in [-0.05, 0) is 146 Å². The minimum Gasteiger partial charge on any atom is -0.456 e. The summed E-state index contributed by atoms with van der Waals surface area (Å²) in [6.45, 7) is 13.8. The summed E-state index contributed by atoms with van der Waals surface area (Å²) in [7, 11) is 0. The van der Waals surface area contributed by atoms with Crippen LogP contribution in [0.25, 0.3) is 104 Å². The predicted octanol–water partition coefficient (Wildman–Crippen LogP) is 22.5. The SMILES string of the molecule is CC(C)(C)c1cccc(N(c2ccc3c(c2)C2(c4ccccc4-c4ccccc42)c2cc(N(c4cccc(C(C)(C)C)c4)c4ccc5c(c4)oc4ccccc45)c4c5cccc6c7ccccc7n(c4c2-3)c65)c2ccc3c(c2)oc2ccccc23)c1. The molecule has 1 spiro atoms. The Morgan fingerprint density at radius 1 is 0.326 bits per heavy atom. The van der Waals surface area contributed by atoms with E-state index in [0.717, 1.165) is 78.0 Å². The van der Waals surface area contributed by atoms with Crippen LogP contribution in [0.4, 0.5) is 34.1 Å². The molecule has 0 fully saturated rings. The van der Waals surface area contributed by atoms with E-state index in [1.807, 2.05) is 0 Å². The summed E-state index contributed by atoms with van der Waals surface area (Å²) in [6, 6.07) is 93.1. The summed E-state index contributed by atoms with van der Waals surface area (Å²) in [5.74, 6) is 0. The highest BCUT2D eigenvalue weighted by molar-refractivity contribution is 6.29. The van der Waals surface area contributed by atoms with Crippen LogP contribution in [0.15, 0.2) is 258 Å². The van der Waals surface area contributed by atoms with Gasteiger partial charge in [0.25, 0.3) is 0 Å². The number of benzene rings is 12. The summed E-state index contributed by atoms with van der Waals surface area (Å²) in [4.78, 5) is 5.00. The fraction of sp³-hybridized carbons (Fsp3) is 0.111. The predicted molar refractivity (Wildman–Crippen MR) is 359 cm³/mol. The second kappa shape index (κ2) is 17.4. The number of hydrogen-bond donors (Lipinski definition) is 0. The van der Waals surface area contributed by atoms with Gasteiger partial charge in [-0.25, -0.2) is 0 Å². The molecule has 2 aliphatic carbocycles. The fourth-order valence-corrected chi connectivity index (χ4v) is 15.3. The molecule has 0 unspecified atom stereocenters. The van der Waals surface area contributed by atoms with Gasteiger partial charge in [0, 0.05) is 89.2 Å².